The van der Waals surface area contributed by atoms with E-state index in [1.54, 1.807) is 7.11 Å². The molecule has 1 saturated heterocycles. The summed E-state index contributed by atoms with van der Waals surface area (Å²) in [5.74, 6) is 0.869. The van der Waals surface area contributed by atoms with Crippen LogP contribution >= 0.6 is 0 Å². The topological polar surface area (TPSA) is 54.0 Å². The molecule has 1 fully saturated rings. The number of rotatable bonds is 8. The Morgan fingerprint density at radius 1 is 1.03 bits per heavy atom. The Morgan fingerprint density at radius 2 is 1.81 bits per heavy atom. The van der Waals surface area contributed by atoms with Crippen LogP contribution in [-0.2, 0) is 17.7 Å². The second-order valence-corrected chi connectivity index (χ2v) is 9.95. The molecule has 5 rings (SSSR count). The van der Waals surface area contributed by atoms with Crippen molar-refractivity contribution in [3.8, 4) is 5.75 Å². The Labute approximate surface area is 220 Å². The van der Waals surface area contributed by atoms with Crippen molar-refractivity contribution in [3.63, 3.8) is 0 Å². The molecule has 2 heterocycles. The van der Waals surface area contributed by atoms with E-state index in [9.17, 15) is 4.79 Å². The lowest BCUT2D eigenvalue weighted by atomic mass is 9.93. The van der Waals surface area contributed by atoms with Crippen molar-refractivity contribution >= 4 is 11.6 Å². The van der Waals surface area contributed by atoms with Crippen LogP contribution in [0.2, 0.25) is 0 Å². The normalized spacial score (nSPS) is 17.8. The summed E-state index contributed by atoms with van der Waals surface area (Å²) in [6, 6.07) is 22.6. The van der Waals surface area contributed by atoms with Crippen LogP contribution in [0.4, 0.5) is 5.69 Å². The number of aryl methyl sites for hydroxylation is 1. The van der Waals surface area contributed by atoms with Crippen LogP contribution in [0.1, 0.15) is 45.1 Å². The van der Waals surface area contributed by atoms with Crippen LogP contribution < -0.4 is 15.0 Å². The number of carbonyl (C=O) groups is 1. The molecule has 6 nitrogen and oxygen atoms in total. The van der Waals surface area contributed by atoms with Gasteiger partial charge in [-0.3, -0.25) is 9.69 Å². The summed E-state index contributed by atoms with van der Waals surface area (Å²) in [7, 11) is 1.70. The van der Waals surface area contributed by atoms with Crippen molar-refractivity contribution in [2.75, 3.05) is 51.3 Å². The number of nitrogens with zero attached hydrogens (tertiary/aromatic N) is 2. The van der Waals surface area contributed by atoms with Gasteiger partial charge in [-0.05, 0) is 78.4 Å². The fourth-order valence-corrected chi connectivity index (χ4v) is 5.33. The van der Waals surface area contributed by atoms with Gasteiger partial charge in [-0.15, -0.1) is 0 Å². The maximum Gasteiger partial charge on any atom is 0.251 e. The predicted octanol–water partition coefficient (Wildman–Crippen LogP) is 4.76. The van der Waals surface area contributed by atoms with E-state index >= 15 is 0 Å². The highest BCUT2D eigenvalue weighted by molar-refractivity contribution is 5.94. The molecule has 2 aliphatic heterocycles. The highest BCUT2D eigenvalue weighted by Gasteiger charge is 2.24. The van der Waals surface area contributed by atoms with E-state index in [1.165, 1.54) is 22.4 Å². The first-order valence-electron chi connectivity index (χ1n) is 13.3. The number of methoxy groups -OCH3 is 1. The lowest BCUT2D eigenvalue weighted by Crippen LogP contribution is -2.46. The maximum atomic E-state index is 12.8. The molecule has 3 aromatic carbocycles. The Kier molecular flexibility index (Phi) is 8.07. The van der Waals surface area contributed by atoms with E-state index < -0.39 is 0 Å². The number of fused-ring (bicyclic) bond motifs is 1. The Hall–Kier alpha value is -3.35. The molecular formula is C31H37N3O3. The minimum Gasteiger partial charge on any atom is -0.497 e. The largest absolute Gasteiger partial charge is 0.497 e. The molecule has 0 saturated carbocycles. The summed E-state index contributed by atoms with van der Waals surface area (Å²) in [6.45, 7) is 8.47. The fraction of sp³-hybridized carbons (Fsp3) is 0.387. The van der Waals surface area contributed by atoms with E-state index in [4.69, 9.17) is 9.47 Å². The summed E-state index contributed by atoms with van der Waals surface area (Å²) >= 11 is 0. The third-order valence-corrected chi connectivity index (χ3v) is 7.66. The number of carbonyl (C=O) groups excluding carboxylic acids is 1. The van der Waals surface area contributed by atoms with Gasteiger partial charge in [0.1, 0.15) is 5.75 Å². The highest BCUT2D eigenvalue weighted by atomic mass is 16.5. The molecule has 1 amide bonds. The number of amides is 1. The fourth-order valence-electron chi connectivity index (χ4n) is 5.33. The number of benzene rings is 3. The number of anilines is 1. The standard InChI is InChI=1S/C31H37N3O3/c1-23-5-3-4-6-26(23)22-32-31(35)25-7-12-29-24(21-25)14-20-37-30(29)13-15-33-16-18-34(19-17-33)27-8-10-28(36-2)11-9-27/h3-12,21,30H,13-20,22H2,1-2H3,(H,32,35)/t30-/m1/s1. The van der Waals surface area contributed by atoms with Gasteiger partial charge in [0.25, 0.3) is 5.91 Å². The molecule has 0 radical (unpaired) electrons. The van der Waals surface area contributed by atoms with Crippen molar-refractivity contribution in [1.29, 1.82) is 0 Å². The first-order chi connectivity index (χ1) is 18.1. The molecule has 0 unspecified atom stereocenters. The minimum absolute atomic E-state index is 0.0242. The SMILES string of the molecule is COc1ccc(N2CCN(CC[C@H]3OCCc4cc(C(=O)NCc5ccccc5C)ccc43)CC2)cc1. The zero-order valence-electron chi connectivity index (χ0n) is 21.9. The molecule has 0 aliphatic carbocycles. The van der Waals surface area contributed by atoms with E-state index in [0.717, 1.165) is 62.4 Å². The van der Waals surface area contributed by atoms with Crippen molar-refractivity contribution in [3.05, 3.63) is 94.5 Å². The van der Waals surface area contributed by atoms with E-state index in [0.29, 0.717) is 13.2 Å². The summed E-state index contributed by atoms with van der Waals surface area (Å²) in [4.78, 5) is 17.8. The molecule has 0 spiro atoms. The maximum absolute atomic E-state index is 12.8. The molecule has 194 valence electrons. The van der Waals surface area contributed by atoms with Crippen molar-refractivity contribution in [2.24, 2.45) is 0 Å². The van der Waals surface area contributed by atoms with Crippen LogP contribution in [-0.4, -0.2) is 57.2 Å². The number of nitrogens with one attached hydrogen (secondary N) is 1. The quantitative estimate of drug-likeness (QED) is 0.484. The van der Waals surface area contributed by atoms with Crippen molar-refractivity contribution in [2.45, 2.75) is 32.4 Å². The third kappa shape index (κ3) is 6.14. The Bertz CT molecular complexity index is 1200. The van der Waals surface area contributed by atoms with Gasteiger partial charge in [0.05, 0.1) is 19.8 Å². The molecule has 2 aliphatic rings. The molecule has 1 N–H and O–H groups in total. The first-order valence-corrected chi connectivity index (χ1v) is 13.3. The zero-order valence-corrected chi connectivity index (χ0v) is 21.9. The van der Waals surface area contributed by atoms with Gasteiger partial charge in [0.15, 0.2) is 0 Å². The van der Waals surface area contributed by atoms with Gasteiger partial charge in [-0.25, -0.2) is 0 Å². The molecule has 1 atom stereocenters. The smallest absolute Gasteiger partial charge is 0.251 e. The number of piperazine rings is 1. The van der Waals surface area contributed by atoms with Crippen LogP contribution in [0.5, 0.6) is 5.75 Å². The van der Waals surface area contributed by atoms with Crippen LogP contribution in [0.25, 0.3) is 0 Å². The third-order valence-electron chi connectivity index (χ3n) is 7.66. The van der Waals surface area contributed by atoms with E-state index in [1.807, 2.05) is 30.3 Å². The molecule has 0 aromatic heterocycles. The molecule has 0 bridgehead atoms. The summed E-state index contributed by atoms with van der Waals surface area (Å²) in [5, 5.41) is 3.08. The summed E-state index contributed by atoms with van der Waals surface area (Å²) in [6.07, 6.45) is 1.91. The minimum atomic E-state index is -0.0242. The van der Waals surface area contributed by atoms with Gasteiger partial charge in [0.2, 0.25) is 0 Å². The average molecular weight is 500 g/mol. The van der Waals surface area contributed by atoms with E-state index in [2.05, 4.69) is 58.4 Å². The van der Waals surface area contributed by atoms with Crippen molar-refractivity contribution in [1.82, 2.24) is 10.2 Å². The zero-order chi connectivity index (χ0) is 25.6. The molecular weight excluding hydrogens is 462 g/mol. The van der Waals surface area contributed by atoms with Gasteiger partial charge < -0.3 is 19.7 Å². The first kappa shape index (κ1) is 25.3. The van der Waals surface area contributed by atoms with Crippen LogP contribution in [0, 0.1) is 6.92 Å². The highest BCUT2D eigenvalue weighted by Crippen LogP contribution is 2.31. The van der Waals surface area contributed by atoms with Gasteiger partial charge in [0, 0.05) is 50.5 Å². The number of ether oxygens (including phenoxy) is 2. The van der Waals surface area contributed by atoms with Gasteiger partial charge in [-0.1, -0.05) is 30.3 Å². The lowest BCUT2D eigenvalue weighted by molar-refractivity contribution is 0.0288. The van der Waals surface area contributed by atoms with Gasteiger partial charge in [-0.2, -0.15) is 0 Å². The van der Waals surface area contributed by atoms with Crippen LogP contribution in [0.3, 0.4) is 0 Å². The number of hydrogen-bond acceptors (Lipinski definition) is 5. The summed E-state index contributed by atoms with van der Waals surface area (Å²) < 4.78 is 11.5. The monoisotopic (exact) mass is 499 g/mol. The Morgan fingerprint density at radius 3 is 2.57 bits per heavy atom. The molecule has 6 heteroatoms. The van der Waals surface area contributed by atoms with Crippen LogP contribution in [0.15, 0.2) is 66.7 Å². The molecule has 37 heavy (non-hydrogen) atoms. The lowest BCUT2D eigenvalue weighted by Gasteiger charge is -2.37. The summed E-state index contributed by atoms with van der Waals surface area (Å²) in [5.41, 5.74) is 6.79. The Balaban J connectivity index is 1.13. The van der Waals surface area contributed by atoms with Gasteiger partial charge >= 0.3 is 0 Å². The second kappa shape index (κ2) is 11.8. The average Bonchev–Trinajstić information content (AvgIpc) is 2.95. The van der Waals surface area contributed by atoms with Crippen molar-refractivity contribution < 1.29 is 14.3 Å². The molecule has 3 aromatic rings. The van der Waals surface area contributed by atoms with E-state index in [-0.39, 0.29) is 12.0 Å². The predicted molar refractivity (Wildman–Crippen MR) is 147 cm³/mol. The number of hydrogen-bond donors (Lipinski definition) is 1. The second-order valence-electron chi connectivity index (χ2n) is 9.95.